The molecule has 0 saturated carbocycles. The zero-order valence-electron chi connectivity index (χ0n) is 12.3. The number of halogens is 1. The number of nitrogens with one attached hydrogen (secondary N) is 1. The Kier molecular flexibility index (Phi) is 4.84. The fourth-order valence-corrected chi connectivity index (χ4v) is 2.87. The minimum absolute atomic E-state index is 0.113. The van der Waals surface area contributed by atoms with E-state index in [4.69, 9.17) is 4.74 Å². The smallest absolute Gasteiger partial charge is 0.124 e. The highest BCUT2D eigenvalue weighted by Gasteiger charge is 2.19. The van der Waals surface area contributed by atoms with Crippen LogP contribution in [0.2, 0.25) is 0 Å². The van der Waals surface area contributed by atoms with E-state index in [1.165, 1.54) is 16.7 Å². The van der Waals surface area contributed by atoms with Gasteiger partial charge in [0.2, 0.25) is 0 Å². The molecule has 1 N–H and O–H groups in total. The third-order valence-corrected chi connectivity index (χ3v) is 4.24. The van der Waals surface area contributed by atoms with Crippen LogP contribution in [0, 0.1) is 13.8 Å². The van der Waals surface area contributed by atoms with Gasteiger partial charge in [0.25, 0.3) is 0 Å². The predicted molar refractivity (Wildman–Crippen MR) is 87.5 cm³/mol. The van der Waals surface area contributed by atoms with E-state index in [0.717, 1.165) is 15.8 Å². The maximum Gasteiger partial charge on any atom is 0.124 e. The van der Waals surface area contributed by atoms with Crippen molar-refractivity contribution in [3.8, 4) is 5.75 Å². The van der Waals surface area contributed by atoms with Crippen molar-refractivity contribution < 1.29 is 4.74 Å². The number of benzene rings is 2. The molecule has 0 saturated heterocycles. The summed E-state index contributed by atoms with van der Waals surface area (Å²) < 4.78 is 6.57. The van der Waals surface area contributed by atoms with E-state index in [1.807, 2.05) is 19.2 Å². The van der Waals surface area contributed by atoms with Gasteiger partial charge in [0.1, 0.15) is 5.75 Å². The second kappa shape index (κ2) is 6.42. The monoisotopic (exact) mass is 333 g/mol. The fraction of sp³-hybridized carbons (Fsp3) is 0.294. The number of hydrogen-bond acceptors (Lipinski definition) is 2. The molecule has 1 unspecified atom stereocenters. The van der Waals surface area contributed by atoms with Crippen molar-refractivity contribution in [2.24, 2.45) is 0 Å². The average Bonchev–Trinajstić information content (AvgIpc) is 2.44. The van der Waals surface area contributed by atoms with Crippen molar-refractivity contribution in [2.75, 3.05) is 14.2 Å². The summed E-state index contributed by atoms with van der Waals surface area (Å²) in [7, 11) is 3.69. The number of rotatable bonds is 4. The maximum atomic E-state index is 5.51. The van der Waals surface area contributed by atoms with Gasteiger partial charge in [-0.2, -0.15) is 0 Å². The molecule has 0 spiro atoms. The molecule has 0 radical (unpaired) electrons. The SMILES string of the molecule is CNC(c1cc(Br)ccc1OC)c1cccc(C)c1C. The van der Waals surface area contributed by atoms with Gasteiger partial charge >= 0.3 is 0 Å². The zero-order valence-corrected chi connectivity index (χ0v) is 13.9. The van der Waals surface area contributed by atoms with E-state index < -0.39 is 0 Å². The summed E-state index contributed by atoms with van der Waals surface area (Å²) in [6, 6.07) is 12.6. The van der Waals surface area contributed by atoms with Gasteiger partial charge in [-0.3, -0.25) is 0 Å². The number of methoxy groups -OCH3 is 1. The minimum atomic E-state index is 0.113. The molecule has 0 aliphatic carbocycles. The fourth-order valence-electron chi connectivity index (χ4n) is 2.50. The largest absolute Gasteiger partial charge is 0.496 e. The summed E-state index contributed by atoms with van der Waals surface area (Å²) in [4.78, 5) is 0. The summed E-state index contributed by atoms with van der Waals surface area (Å²) in [5.74, 6) is 0.897. The summed E-state index contributed by atoms with van der Waals surface area (Å²) in [5, 5.41) is 3.40. The Balaban J connectivity index is 2.58. The molecule has 0 aliphatic rings. The molecule has 20 heavy (non-hydrogen) atoms. The summed E-state index contributed by atoms with van der Waals surface area (Å²) in [6.07, 6.45) is 0. The molecule has 0 aromatic heterocycles. The first-order valence-electron chi connectivity index (χ1n) is 6.65. The van der Waals surface area contributed by atoms with Crippen LogP contribution in [-0.4, -0.2) is 14.2 Å². The van der Waals surface area contributed by atoms with E-state index in [2.05, 4.69) is 59.4 Å². The topological polar surface area (TPSA) is 21.3 Å². The molecule has 0 aliphatic heterocycles. The number of hydrogen-bond donors (Lipinski definition) is 1. The van der Waals surface area contributed by atoms with Gasteiger partial charge in [-0.1, -0.05) is 34.1 Å². The lowest BCUT2D eigenvalue weighted by molar-refractivity contribution is 0.405. The Morgan fingerprint density at radius 1 is 1.10 bits per heavy atom. The molecular formula is C17H20BrNO. The van der Waals surface area contributed by atoms with Gasteiger partial charge in [0, 0.05) is 10.0 Å². The molecule has 0 amide bonds. The first-order valence-corrected chi connectivity index (χ1v) is 7.44. The first-order chi connectivity index (χ1) is 9.58. The highest BCUT2D eigenvalue weighted by atomic mass is 79.9. The zero-order chi connectivity index (χ0) is 14.7. The van der Waals surface area contributed by atoms with Gasteiger partial charge < -0.3 is 10.1 Å². The van der Waals surface area contributed by atoms with Crippen molar-refractivity contribution in [3.63, 3.8) is 0 Å². The molecule has 0 bridgehead atoms. The number of aryl methyl sites for hydroxylation is 1. The van der Waals surface area contributed by atoms with Crippen LogP contribution in [-0.2, 0) is 0 Å². The van der Waals surface area contributed by atoms with Crippen LogP contribution >= 0.6 is 15.9 Å². The summed E-state index contributed by atoms with van der Waals surface area (Å²) in [5.41, 5.74) is 5.03. The molecule has 106 valence electrons. The van der Waals surface area contributed by atoms with E-state index in [0.29, 0.717) is 0 Å². The highest BCUT2D eigenvalue weighted by Crippen LogP contribution is 2.34. The van der Waals surface area contributed by atoms with Crippen LogP contribution < -0.4 is 10.1 Å². The molecule has 1 atom stereocenters. The van der Waals surface area contributed by atoms with Gasteiger partial charge in [-0.05, 0) is 55.8 Å². The molecule has 0 heterocycles. The Labute approximate surface area is 129 Å². The van der Waals surface area contributed by atoms with E-state index in [-0.39, 0.29) is 6.04 Å². The van der Waals surface area contributed by atoms with Crippen LogP contribution in [0.1, 0.15) is 28.3 Å². The van der Waals surface area contributed by atoms with E-state index in [1.54, 1.807) is 7.11 Å². The molecule has 2 aromatic carbocycles. The molecule has 2 nitrogen and oxygen atoms in total. The number of ether oxygens (including phenoxy) is 1. The normalized spacial score (nSPS) is 12.2. The van der Waals surface area contributed by atoms with Gasteiger partial charge in [-0.25, -0.2) is 0 Å². The Hall–Kier alpha value is -1.32. The lowest BCUT2D eigenvalue weighted by atomic mass is 9.92. The van der Waals surface area contributed by atoms with Crippen molar-refractivity contribution in [1.29, 1.82) is 0 Å². The Bertz CT molecular complexity index is 610. The first kappa shape index (κ1) is 15.1. The average molecular weight is 334 g/mol. The summed E-state index contributed by atoms with van der Waals surface area (Å²) >= 11 is 3.55. The van der Waals surface area contributed by atoms with Crippen molar-refractivity contribution in [3.05, 3.63) is 63.1 Å². The van der Waals surface area contributed by atoms with E-state index in [9.17, 15) is 0 Å². The van der Waals surface area contributed by atoms with Crippen molar-refractivity contribution >= 4 is 15.9 Å². The van der Waals surface area contributed by atoms with Crippen LogP contribution in [0.15, 0.2) is 40.9 Å². The second-order valence-corrected chi connectivity index (χ2v) is 5.81. The maximum absolute atomic E-state index is 5.51. The highest BCUT2D eigenvalue weighted by molar-refractivity contribution is 9.10. The Morgan fingerprint density at radius 3 is 2.50 bits per heavy atom. The lowest BCUT2D eigenvalue weighted by Crippen LogP contribution is -2.19. The van der Waals surface area contributed by atoms with Crippen LogP contribution in [0.4, 0.5) is 0 Å². The standard InChI is InChI=1S/C17H20BrNO/c1-11-6-5-7-14(12(11)2)17(19-3)15-10-13(18)8-9-16(15)20-4/h5-10,17,19H,1-4H3. The molecule has 2 rings (SSSR count). The van der Waals surface area contributed by atoms with Crippen LogP contribution in [0.3, 0.4) is 0 Å². The molecule has 2 aromatic rings. The van der Waals surface area contributed by atoms with Gasteiger partial charge in [0.05, 0.1) is 13.2 Å². The van der Waals surface area contributed by atoms with E-state index >= 15 is 0 Å². The third kappa shape index (κ3) is 2.89. The van der Waals surface area contributed by atoms with Crippen LogP contribution in [0.5, 0.6) is 5.75 Å². The molecular weight excluding hydrogens is 314 g/mol. The second-order valence-electron chi connectivity index (χ2n) is 4.90. The Morgan fingerprint density at radius 2 is 1.85 bits per heavy atom. The van der Waals surface area contributed by atoms with Crippen molar-refractivity contribution in [2.45, 2.75) is 19.9 Å². The molecule has 0 fully saturated rings. The molecule has 3 heteroatoms. The summed E-state index contributed by atoms with van der Waals surface area (Å²) in [6.45, 7) is 4.31. The quantitative estimate of drug-likeness (QED) is 0.896. The third-order valence-electron chi connectivity index (χ3n) is 3.75. The minimum Gasteiger partial charge on any atom is -0.496 e. The van der Waals surface area contributed by atoms with Gasteiger partial charge in [-0.15, -0.1) is 0 Å². The van der Waals surface area contributed by atoms with Crippen LogP contribution in [0.25, 0.3) is 0 Å². The van der Waals surface area contributed by atoms with Gasteiger partial charge in [0.15, 0.2) is 0 Å². The lowest BCUT2D eigenvalue weighted by Gasteiger charge is -2.22. The predicted octanol–water partition coefficient (Wildman–Crippen LogP) is 4.38. The van der Waals surface area contributed by atoms with Crippen molar-refractivity contribution in [1.82, 2.24) is 5.32 Å².